The Balaban J connectivity index is 1.91. The van der Waals surface area contributed by atoms with Crippen LogP contribution in [0.3, 0.4) is 0 Å². The average molecular weight is 368 g/mol. The van der Waals surface area contributed by atoms with Gasteiger partial charge < -0.3 is 24.5 Å². The molecule has 0 bridgehead atoms. The lowest BCUT2D eigenvalue weighted by molar-refractivity contribution is 0.324. The third-order valence-electron chi connectivity index (χ3n) is 4.68. The maximum absolute atomic E-state index is 12.4. The van der Waals surface area contributed by atoms with Gasteiger partial charge in [0.25, 0.3) is 5.56 Å². The summed E-state index contributed by atoms with van der Waals surface area (Å²) in [6, 6.07) is 9.63. The monoisotopic (exact) mass is 368 g/mol. The maximum atomic E-state index is 12.4. The number of pyridine rings is 1. The Hall–Kier alpha value is -3.15. The normalized spacial score (nSPS) is 10.7. The summed E-state index contributed by atoms with van der Waals surface area (Å²) < 4.78 is 16.1. The predicted octanol–water partition coefficient (Wildman–Crippen LogP) is 3.78. The molecule has 0 saturated heterocycles. The van der Waals surface area contributed by atoms with E-state index >= 15 is 0 Å². The lowest BCUT2D eigenvalue weighted by atomic mass is 10.0. The molecule has 0 unspecified atom stereocenters. The quantitative estimate of drug-likeness (QED) is 0.693. The van der Waals surface area contributed by atoms with Crippen molar-refractivity contribution in [3.05, 3.63) is 57.4 Å². The second kappa shape index (κ2) is 7.61. The molecule has 1 aromatic heterocycles. The number of nitrogens with one attached hydrogen (secondary N) is 2. The zero-order chi connectivity index (χ0) is 19.6. The first-order valence-electron chi connectivity index (χ1n) is 8.64. The van der Waals surface area contributed by atoms with E-state index < -0.39 is 0 Å². The third kappa shape index (κ3) is 3.69. The van der Waals surface area contributed by atoms with Gasteiger partial charge in [0, 0.05) is 35.4 Å². The van der Waals surface area contributed by atoms with E-state index in [9.17, 15) is 4.79 Å². The zero-order valence-corrected chi connectivity index (χ0v) is 16.2. The smallest absolute Gasteiger partial charge is 0.253 e. The number of hydrogen-bond acceptors (Lipinski definition) is 5. The van der Waals surface area contributed by atoms with Crippen LogP contribution in [0.4, 0.5) is 5.69 Å². The molecular weight excluding hydrogens is 344 g/mol. The molecule has 6 nitrogen and oxygen atoms in total. The molecule has 6 heteroatoms. The van der Waals surface area contributed by atoms with Crippen LogP contribution >= 0.6 is 0 Å². The molecule has 0 spiro atoms. The van der Waals surface area contributed by atoms with Crippen LogP contribution in [0.25, 0.3) is 10.9 Å². The molecular formula is C21H24N2O4. The Morgan fingerprint density at radius 3 is 2.11 bits per heavy atom. The van der Waals surface area contributed by atoms with Crippen molar-refractivity contribution in [1.82, 2.24) is 4.98 Å². The van der Waals surface area contributed by atoms with Crippen LogP contribution in [0.2, 0.25) is 0 Å². The molecule has 0 aliphatic carbocycles. The van der Waals surface area contributed by atoms with Crippen LogP contribution in [0.5, 0.6) is 17.2 Å². The van der Waals surface area contributed by atoms with Crippen molar-refractivity contribution >= 4 is 16.6 Å². The van der Waals surface area contributed by atoms with Gasteiger partial charge in [0.05, 0.1) is 21.3 Å². The second-order valence-corrected chi connectivity index (χ2v) is 6.41. The molecule has 2 N–H and O–H groups in total. The van der Waals surface area contributed by atoms with E-state index in [1.54, 1.807) is 21.3 Å². The predicted molar refractivity (Wildman–Crippen MR) is 107 cm³/mol. The van der Waals surface area contributed by atoms with Gasteiger partial charge in [-0.15, -0.1) is 0 Å². The molecule has 142 valence electrons. The molecule has 27 heavy (non-hydrogen) atoms. The van der Waals surface area contributed by atoms with Crippen molar-refractivity contribution in [1.29, 1.82) is 0 Å². The van der Waals surface area contributed by atoms with Crippen LogP contribution in [0, 0.1) is 13.8 Å². The van der Waals surface area contributed by atoms with Gasteiger partial charge in [-0.3, -0.25) is 4.79 Å². The Bertz CT molecular complexity index is 1020. The molecule has 0 atom stereocenters. The van der Waals surface area contributed by atoms with Gasteiger partial charge in [0.15, 0.2) is 11.5 Å². The summed E-state index contributed by atoms with van der Waals surface area (Å²) in [4.78, 5) is 15.4. The number of aromatic amines is 1. The number of benzene rings is 2. The van der Waals surface area contributed by atoms with Crippen molar-refractivity contribution in [3.8, 4) is 17.2 Å². The van der Waals surface area contributed by atoms with Crippen LogP contribution in [0.15, 0.2) is 35.1 Å². The number of rotatable bonds is 6. The summed E-state index contributed by atoms with van der Waals surface area (Å²) in [5.74, 6) is 1.63. The first-order chi connectivity index (χ1) is 13.0. The molecule has 0 saturated carbocycles. The number of H-pyrrole nitrogens is 1. The number of aromatic nitrogens is 1. The molecule has 0 aliphatic rings. The minimum Gasteiger partial charge on any atom is -0.493 e. The summed E-state index contributed by atoms with van der Waals surface area (Å²) in [6.45, 7) is 4.47. The fourth-order valence-electron chi connectivity index (χ4n) is 3.03. The fourth-order valence-corrected chi connectivity index (χ4v) is 3.03. The Labute approximate surface area is 158 Å². The highest BCUT2D eigenvalue weighted by Gasteiger charge is 2.13. The van der Waals surface area contributed by atoms with Crippen LogP contribution in [-0.4, -0.2) is 26.3 Å². The SMILES string of the molecule is COc1cc(NCc2cc3cc(C)c(C)cc3[nH]c2=O)cc(OC)c1OC. The summed E-state index contributed by atoms with van der Waals surface area (Å²) in [7, 11) is 4.70. The second-order valence-electron chi connectivity index (χ2n) is 6.41. The molecule has 3 rings (SSSR count). The highest BCUT2D eigenvalue weighted by atomic mass is 16.5. The lowest BCUT2D eigenvalue weighted by Crippen LogP contribution is -2.15. The van der Waals surface area contributed by atoms with Gasteiger partial charge in [-0.1, -0.05) is 0 Å². The van der Waals surface area contributed by atoms with E-state index in [0.29, 0.717) is 29.4 Å². The number of aryl methyl sites for hydroxylation is 2. The highest BCUT2D eigenvalue weighted by molar-refractivity contribution is 5.80. The number of anilines is 1. The van der Waals surface area contributed by atoms with Crippen LogP contribution < -0.4 is 25.1 Å². The molecule has 0 aliphatic heterocycles. The number of ether oxygens (including phenoxy) is 3. The van der Waals surface area contributed by atoms with E-state index in [0.717, 1.165) is 22.2 Å². The van der Waals surface area contributed by atoms with Crippen molar-refractivity contribution in [3.63, 3.8) is 0 Å². The minimum atomic E-state index is -0.106. The van der Waals surface area contributed by atoms with Crippen molar-refractivity contribution < 1.29 is 14.2 Å². The van der Waals surface area contributed by atoms with Gasteiger partial charge >= 0.3 is 0 Å². The fraction of sp³-hybridized carbons (Fsp3) is 0.286. The van der Waals surface area contributed by atoms with Gasteiger partial charge in [-0.25, -0.2) is 0 Å². The van der Waals surface area contributed by atoms with Gasteiger partial charge in [-0.05, 0) is 48.6 Å². The van der Waals surface area contributed by atoms with E-state index in [2.05, 4.69) is 23.3 Å². The molecule has 1 heterocycles. The van der Waals surface area contributed by atoms with Gasteiger partial charge in [0.2, 0.25) is 5.75 Å². The molecule has 0 radical (unpaired) electrons. The Morgan fingerprint density at radius 1 is 0.889 bits per heavy atom. The minimum absolute atomic E-state index is 0.106. The third-order valence-corrected chi connectivity index (χ3v) is 4.68. The van der Waals surface area contributed by atoms with Crippen molar-refractivity contribution in [2.75, 3.05) is 26.6 Å². The average Bonchev–Trinajstić information content (AvgIpc) is 2.66. The van der Waals surface area contributed by atoms with E-state index in [1.807, 2.05) is 31.2 Å². The molecule has 3 aromatic rings. The van der Waals surface area contributed by atoms with Gasteiger partial charge in [0.1, 0.15) is 0 Å². The van der Waals surface area contributed by atoms with E-state index in [-0.39, 0.29) is 5.56 Å². The Kier molecular flexibility index (Phi) is 5.26. The van der Waals surface area contributed by atoms with Crippen LogP contribution in [-0.2, 0) is 6.54 Å². The van der Waals surface area contributed by atoms with E-state index in [1.165, 1.54) is 5.56 Å². The lowest BCUT2D eigenvalue weighted by Gasteiger charge is -2.15. The summed E-state index contributed by atoms with van der Waals surface area (Å²) >= 11 is 0. The van der Waals surface area contributed by atoms with E-state index in [4.69, 9.17) is 14.2 Å². The first kappa shape index (κ1) is 18.6. The van der Waals surface area contributed by atoms with Crippen LogP contribution in [0.1, 0.15) is 16.7 Å². The zero-order valence-electron chi connectivity index (χ0n) is 16.2. The van der Waals surface area contributed by atoms with Crippen molar-refractivity contribution in [2.45, 2.75) is 20.4 Å². The standard InChI is InChI=1S/C21H24N2O4/c1-12-6-14-8-15(21(24)23-17(14)7-13(12)2)11-22-16-9-18(25-3)20(27-5)19(10-16)26-4/h6-10,22H,11H2,1-5H3,(H,23,24). The molecule has 2 aromatic carbocycles. The topological polar surface area (TPSA) is 72.6 Å². The molecule has 0 amide bonds. The van der Waals surface area contributed by atoms with Gasteiger partial charge in [-0.2, -0.15) is 0 Å². The first-order valence-corrected chi connectivity index (χ1v) is 8.64. The Morgan fingerprint density at radius 2 is 1.52 bits per heavy atom. The summed E-state index contributed by atoms with van der Waals surface area (Å²) in [5, 5.41) is 4.27. The van der Waals surface area contributed by atoms with Crippen molar-refractivity contribution in [2.24, 2.45) is 0 Å². The summed E-state index contributed by atoms with van der Waals surface area (Å²) in [5.41, 5.74) is 4.51. The highest BCUT2D eigenvalue weighted by Crippen LogP contribution is 2.40. The number of methoxy groups -OCH3 is 3. The molecule has 0 fully saturated rings. The number of fused-ring (bicyclic) bond motifs is 1. The number of hydrogen-bond donors (Lipinski definition) is 2. The summed E-state index contributed by atoms with van der Waals surface area (Å²) in [6.07, 6.45) is 0. The largest absolute Gasteiger partial charge is 0.493 e. The maximum Gasteiger partial charge on any atom is 0.253 e.